The molecule has 3 atom stereocenters. The molecule has 3 unspecified atom stereocenters. The lowest BCUT2D eigenvalue weighted by molar-refractivity contribution is -0.137. The van der Waals surface area contributed by atoms with Crippen molar-refractivity contribution in [3.05, 3.63) is 70.0 Å². The van der Waals surface area contributed by atoms with Crippen LogP contribution < -0.4 is 5.32 Å². The summed E-state index contributed by atoms with van der Waals surface area (Å²) in [6.45, 7) is 2.96. The van der Waals surface area contributed by atoms with E-state index in [1.165, 1.54) is 18.2 Å². The molecule has 162 valence electrons. The SMILES string of the molecule is CC1CCC(C(NC(=O)c2cccc(C(F)(F)F)c2Cl)c2ccc(F)cc2)N(C)C1. The van der Waals surface area contributed by atoms with Gasteiger partial charge in [-0.15, -0.1) is 0 Å². The second-order valence-electron chi connectivity index (χ2n) is 7.86. The first kappa shape index (κ1) is 22.6. The van der Waals surface area contributed by atoms with Crippen molar-refractivity contribution >= 4 is 17.5 Å². The Morgan fingerprint density at radius 1 is 1.17 bits per heavy atom. The smallest absolute Gasteiger partial charge is 0.344 e. The maximum atomic E-state index is 13.4. The highest BCUT2D eigenvalue weighted by molar-refractivity contribution is 6.34. The van der Waals surface area contributed by atoms with E-state index in [9.17, 15) is 22.4 Å². The standard InChI is InChI=1S/C22H23ClF4N2O/c1-13-6-11-18(29(2)12-13)20(14-7-9-15(24)10-8-14)28-21(30)16-4-3-5-17(19(16)23)22(25,26)27/h3-5,7-10,13,18,20H,6,11-12H2,1-2H3,(H,28,30). The fraction of sp³-hybridized carbons (Fsp3) is 0.409. The Morgan fingerprint density at radius 2 is 1.83 bits per heavy atom. The first-order chi connectivity index (χ1) is 14.1. The van der Waals surface area contributed by atoms with Crippen LogP contribution in [0.25, 0.3) is 0 Å². The van der Waals surface area contributed by atoms with Gasteiger partial charge >= 0.3 is 6.18 Å². The molecule has 1 amide bonds. The van der Waals surface area contributed by atoms with Crippen LogP contribution in [0.2, 0.25) is 5.02 Å². The summed E-state index contributed by atoms with van der Waals surface area (Å²) >= 11 is 5.93. The molecule has 0 saturated carbocycles. The highest BCUT2D eigenvalue weighted by Gasteiger charge is 2.36. The van der Waals surface area contributed by atoms with E-state index in [-0.39, 0.29) is 11.6 Å². The fourth-order valence-electron chi connectivity index (χ4n) is 4.03. The van der Waals surface area contributed by atoms with E-state index < -0.39 is 34.5 Å². The van der Waals surface area contributed by atoms with Gasteiger partial charge in [-0.1, -0.05) is 36.7 Å². The average molecular weight is 443 g/mol. The minimum Gasteiger partial charge on any atom is -0.344 e. The number of carbonyl (C=O) groups excluding carboxylic acids is 1. The molecule has 0 aromatic heterocycles. The summed E-state index contributed by atoms with van der Waals surface area (Å²) < 4.78 is 53.0. The molecular formula is C22H23ClF4N2O. The molecule has 0 radical (unpaired) electrons. The molecule has 1 aliphatic heterocycles. The third-order valence-corrected chi connectivity index (χ3v) is 5.98. The zero-order valence-electron chi connectivity index (χ0n) is 16.6. The average Bonchev–Trinajstić information content (AvgIpc) is 2.66. The van der Waals surface area contributed by atoms with Gasteiger partial charge < -0.3 is 10.2 Å². The molecule has 0 spiro atoms. The molecule has 3 nitrogen and oxygen atoms in total. The molecule has 8 heteroatoms. The summed E-state index contributed by atoms with van der Waals surface area (Å²) in [5.41, 5.74) is -0.622. The second kappa shape index (κ2) is 8.94. The molecule has 0 bridgehead atoms. The molecule has 1 N–H and O–H groups in total. The van der Waals surface area contributed by atoms with Crippen molar-refractivity contribution < 1.29 is 22.4 Å². The number of likely N-dealkylation sites (tertiary alicyclic amines) is 1. The molecular weight excluding hydrogens is 420 g/mol. The van der Waals surface area contributed by atoms with Crippen LogP contribution in [0.15, 0.2) is 42.5 Å². The van der Waals surface area contributed by atoms with E-state index in [2.05, 4.69) is 17.1 Å². The number of carbonyl (C=O) groups is 1. The third kappa shape index (κ3) is 4.95. The topological polar surface area (TPSA) is 32.3 Å². The molecule has 1 saturated heterocycles. The van der Waals surface area contributed by atoms with Gasteiger partial charge in [0.2, 0.25) is 0 Å². The lowest BCUT2D eigenvalue weighted by atomic mass is 9.87. The van der Waals surface area contributed by atoms with Crippen molar-refractivity contribution in [1.82, 2.24) is 10.2 Å². The van der Waals surface area contributed by atoms with Crippen LogP contribution in [0.3, 0.4) is 0 Å². The summed E-state index contributed by atoms with van der Waals surface area (Å²) in [4.78, 5) is 15.1. The van der Waals surface area contributed by atoms with Crippen LogP contribution >= 0.6 is 11.6 Å². The van der Waals surface area contributed by atoms with E-state index in [4.69, 9.17) is 11.6 Å². The molecule has 2 aromatic carbocycles. The molecule has 1 aliphatic rings. The highest BCUT2D eigenvalue weighted by Crippen LogP contribution is 2.37. The van der Waals surface area contributed by atoms with Crippen LogP contribution in [0.5, 0.6) is 0 Å². The largest absolute Gasteiger partial charge is 0.417 e. The molecule has 0 aliphatic carbocycles. The number of nitrogens with one attached hydrogen (secondary N) is 1. The Kier molecular flexibility index (Phi) is 6.72. The normalized spacial score (nSPS) is 21.3. The van der Waals surface area contributed by atoms with E-state index in [1.807, 2.05) is 7.05 Å². The van der Waals surface area contributed by atoms with Crippen LogP contribution in [-0.2, 0) is 6.18 Å². The van der Waals surface area contributed by atoms with E-state index >= 15 is 0 Å². The number of rotatable bonds is 4. The van der Waals surface area contributed by atoms with Crippen LogP contribution in [0.4, 0.5) is 17.6 Å². The molecule has 3 rings (SSSR count). The Balaban J connectivity index is 1.94. The molecule has 1 fully saturated rings. The van der Waals surface area contributed by atoms with Gasteiger partial charge in [0, 0.05) is 12.6 Å². The van der Waals surface area contributed by atoms with E-state index in [0.717, 1.165) is 31.5 Å². The van der Waals surface area contributed by atoms with Gasteiger partial charge in [-0.3, -0.25) is 4.79 Å². The summed E-state index contributed by atoms with van der Waals surface area (Å²) in [6, 6.07) is 8.43. The highest BCUT2D eigenvalue weighted by atomic mass is 35.5. The van der Waals surface area contributed by atoms with Gasteiger partial charge in [0.05, 0.1) is 22.2 Å². The maximum absolute atomic E-state index is 13.4. The Bertz CT molecular complexity index is 901. The Hall–Kier alpha value is -2.12. The number of halogens is 5. The lowest BCUT2D eigenvalue weighted by Crippen LogP contribution is -2.48. The summed E-state index contributed by atoms with van der Waals surface area (Å²) in [5.74, 6) is -0.614. The number of hydrogen-bond acceptors (Lipinski definition) is 2. The zero-order chi connectivity index (χ0) is 22.1. The van der Waals surface area contributed by atoms with Crippen LogP contribution in [0.1, 0.15) is 47.3 Å². The van der Waals surface area contributed by atoms with E-state index in [1.54, 1.807) is 12.1 Å². The van der Waals surface area contributed by atoms with Crippen LogP contribution in [-0.4, -0.2) is 30.4 Å². The minimum absolute atomic E-state index is 0.0832. The second-order valence-corrected chi connectivity index (χ2v) is 8.23. The summed E-state index contributed by atoms with van der Waals surface area (Å²) in [7, 11) is 1.94. The molecule has 1 heterocycles. The first-order valence-corrected chi connectivity index (χ1v) is 10.1. The monoisotopic (exact) mass is 442 g/mol. The number of nitrogens with zero attached hydrogens (tertiary/aromatic N) is 1. The number of piperidine rings is 1. The minimum atomic E-state index is -4.66. The van der Waals surface area contributed by atoms with Gasteiger partial charge in [0.1, 0.15) is 5.82 Å². The first-order valence-electron chi connectivity index (χ1n) is 9.70. The van der Waals surface area contributed by atoms with Gasteiger partial charge in [-0.2, -0.15) is 13.2 Å². The van der Waals surface area contributed by atoms with Crippen molar-refractivity contribution in [2.75, 3.05) is 13.6 Å². The van der Waals surface area contributed by atoms with Crippen molar-refractivity contribution in [3.63, 3.8) is 0 Å². The van der Waals surface area contributed by atoms with Crippen LogP contribution in [0, 0.1) is 11.7 Å². The zero-order valence-corrected chi connectivity index (χ0v) is 17.4. The number of likely N-dealkylation sites (N-methyl/N-ethyl adjacent to an activating group) is 1. The van der Waals surface area contributed by atoms with Gasteiger partial charge in [0.15, 0.2) is 0 Å². The van der Waals surface area contributed by atoms with Crippen molar-refractivity contribution in [2.24, 2.45) is 5.92 Å². The number of amides is 1. The fourth-order valence-corrected chi connectivity index (χ4v) is 4.35. The predicted octanol–water partition coefficient (Wildman–Crippen LogP) is 5.70. The number of alkyl halides is 3. The van der Waals surface area contributed by atoms with Crippen molar-refractivity contribution in [2.45, 2.75) is 38.0 Å². The Labute approximate surface area is 178 Å². The molecule has 30 heavy (non-hydrogen) atoms. The predicted molar refractivity (Wildman–Crippen MR) is 108 cm³/mol. The summed E-state index contributed by atoms with van der Waals surface area (Å²) in [6.07, 6.45) is -2.92. The lowest BCUT2D eigenvalue weighted by Gasteiger charge is -2.41. The van der Waals surface area contributed by atoms with Gasteiger partial charge in [0.25, 0.3) is 5.91 Å². The van der Waals surface area contributed by atoms with Crippen molar-refractivity contribution in [1.29, 1.82) is 0 Å². The Morgan fingerprint density at radius 3 is 2.43 bits per heavy atom. The number of hydrogen-bond donors (Lipinski definition) is 1. The van der Waals surface area contributed by atoms with E-state index in [0.29, 0.717) is 11.5 Å². The molecule has 2 aromatic rings. The van der Waals surface area contributed by atoms with Gasteiger partial charge in [-0.05, 0) is 55.6 Å². The summed E-state index contributed by atoms with van der Waals surface area (Å²) in [5, 5.41) is 2.22. The van der Waals surface area contributed by atoms with Crippen molar-refractivity contribution in [3.8, 4) is 0 Å². The van der Waals surface area contributed by atoms with Gasteiger partial charge in [-0.25, -0.2) is 4.39 Å². The quantitative estimate of drug-likeness (QED) is 0.616. The number of benzene rings is 2. The third-order valence-electron chi connectivity index (χ3n) is 5.57. The maximum Gasteiger partial charge on any atom is 0.417 e.